The van der Waals surface area contributed by atoms with E-state index in [0.717, 1.165) is 12.1 Å². The molecule has 0 fully saturated rings. The Morgan fingerprint density at radius 3 is 2.64 bits per heavy atom. The molecule has 3 nitrogen and oxygen atoms in total. The summed E-state index contributed by atoms with van der Waals surface area (Å²) in [5.41, 5.74) is 3.64. The Morgan fingerprint density at radius 1 is 1.57 bits per heavy atom. The fourth-order valence-electron chi connectivity index (χ4n) is 1.56. The van der Waals surface area contributed by atoms with E-state index in [1.807, 2.05) is 20.0 Å². The fourth-order valence-corrected chi connectivity index (χ4v) is 1.56. The molecule has 1 unspecified atom stereocenters. The maximum Gasteiger partial charge on any atom is 0.306 e. The molecule has 0 aromatic carbocycles. The van der Waals surface area contributed by atoms with Gasteiger partial charge in [0.15, 0.2) is 0 Å². The molecule has 0 aliphatic heterocycles. The summed E-state index contributed by atoms with van der Waals surface area (Å²) < 4.78 is 0. The first kappa shape index (κ1) is 10.8. The van der Waals surface area contributed by atoms with E-state index >= 15 is 0 Å². The maximum atomic E-state index is 10.6. The van der Waals surface area contributed by atoms with Gasteiger partial charge in [-0.3, -0.25) is 4.79 Å². The van der Waals surface area contributed by atoms with Crippen molar-refractivity contribution in [3.8, 4) is 0 Å². The summed E-state index contributed by atoms with van der Waals surface area (Å²) in [6, 6.07) is 0. The van der Waals surface area contributed by atoms with Gasteiger partial charge in [0.1, 0.15) is 0 Å². The molecule has 0 amide bonds. The summed E-state index contributed by atoms with van der Waals surface area (Å²) in [6.07, 6.45) is 3.51. The molecule has 0 aliphatic carbocycles. The Bertz CT molecular complexity index is 309. The minimum Gasteiger partial charge on any atom is -0.481 e. The Balaban J connectivity index is 2.57. The predicted molar refractivity (Wildman–Crippen MR) is 55.4 cm³/mol. The Hall–Kier alpha value is -1.25. The van der Waals surface area contributed by atoms with Crippen LogP contribution < -0.4 is 0 Å². The number of rotatable bonds is 4. The van der Waals surface area contributed by atoms with Crippen LogP contribution in [0.15, 0.2) is 6.20 Å². The smallest absolute Gasteiger partial charge is 0.306 e. The number of aryl methyl sites for hydroxylation is 2. The van der Waals surface area contributed by atoms with E-state index in [1.165, 1.54) is 11.1 Å². The van der Waals surface area contributed by atoms with Crippen molar-refractivity contribution in [2.45, 2.75) is 33.6 Å². The second-order valence-electron chi connectivity index (χ2n) is 3.85. The number of carboxylic acid groups (broad SMARTS) is 1. The van der Waals surface area contributed by atoms with Gasteiger partial charge in [-0.05, 0) is 37.8 Å². The SMILES string of the molecule is Cc1c[nH]c(C)c1CCC(C)C(=O)O. The van der Waals surface area contributed by atoms with Crippen LogP contribution in [0.25, 0.3) is 0 Å². The van der Waals surface area contributed by atoms with Crippen molar-refractivity contribution >= 4 is 5.97 Å². The first-order valence-electron chi connectivity index (χ1n) is 4.88. The van der Waals surface area contributed by atoms with Crippen LogP contribution >= 0.6 is 0 Å². The lowest BCUT2D eigenvalue weighted by atomic mass is 9.99. The zero-order chi connectivity index (χ0) is 10.7. The molecule has 3 heteroatoms. The molecule has 0 saturated heterocycles. The van der Waals surface area contributed by atoms with E-state index in [9.17, 15) is 4.79 Å². The summed E-state index contributed by atoms with van der Waals surface area (Å²) in [7, 11) is 0. The van der Waals surface area contributed by atoms with Crippen molar-refractivity contribution in [3.05, 3.63) is 23.0 Å². The molecule has 78 valence electrons. The molecule has 2 N–H and O–H groups in total. The molecule has 0 saturated carbocycles. The van der Waals surface area contributed by atoms with Gasteiger partial charge >= 0.3 is 5.97 Å². The lowest BCUT2D eigenvalue weighted by molar-refractivity contribution is -0.141. The van der Waals surface area contributed by atoms with Gasteiger partial charge in [0.05, 0.1) is 5.92 Å². The van der Waals surface area contributed by atoms with Gasteiger partial charge in [-0.25, -0.2) is 0 Å². The van der Waals surface area contributed by atoms with Crippen LogP contribution in [0.5, 0.6) is 0 Å². The molecular formula is C11H17NO2. The van der Waals surface area contributed by atoms with Gasteiger partial charge in [0.25, 0.3) is 0 Å². The van der Waals surface area contributed by atoms with E-state index in [-0.39, 0.29) is 5.92 Å². The highest BCUT2D eigenvalue weighted by atomic mass is 16.4. The summed E-state index contributed by atoms with van der Waals surface area (Å²) in [6.45, 7) is 5.82. The molecule has 1 aromatic rings. The van der Waals surface area contributed by atoms with Crippen LogP contribution in [0.4, 0.5) is 0 Å². The van der Waals surface area contributed by atoms with Crippen LogP contribution in [-0.4, -0.2) is 16.1 Å². The lowest BCUT2D eigenvalue weighted by Gasteiger charge is -2.06. The number of carboxylic acids is 1. The number of carbonyl (C=O) groups is 1. The quantitative estimate of drug-likeness (QED) is 0.774. The van der Waals surface area contributed by atoms with Crippen molar-refractivity contribution in [2.75, 3.05) is 0 Å². The zero-order valence-corrected chi connectivity index (χ0v) is 8.92. The minimum absolute atomic E-state index is 0.260. The van der Waals surface area contributed by atoms with E-state index in [0.29, 0.717) is 6.42 Å². The lowest BCUT2D eigenvalue weighted by Crippen LogP contribution is -2.10. The summed E-state index contributed by atoms with van der Waals surface area (Å²) in [5.74, 6) is -0.973. The third-order valence-electron chi connectivity index (χ3n) is 2.68. The third-order valence-corrected chi connectivity index (χ3v) is 2.68. The zero-order valence-electron chi connectivity index (χ0n) is 8.92. The largest absolute Gasteiger partial charge is 0.481 e. The molecule has 0 spiro atoms. The number of hydrogen-bond donors (Lipinski definition) is 2. The van der Waals surface area contributed by atoms with Crippen molar-refractivity contribution in [2.24, 2.45) is 5.92 Å². The topological polar surface area (TPSA) is 53.1 Å². The van der Waals surface area contributed by atoms with Gasteiger partial charge in [-0.1, -0.05) is 6.92 Å². The average molecular weight is 195 g/mol. The van der Waals surface area contributed by atoms with Crippen molar-refractivity contribution in [1.82, 2.24) is 4.98 Å². The van der Waals surface area contributed by atoms with Crippen molar-refractivity contribution < 1.29 is 9.90 Å². The van der Waals surface area contributed by atoms with Crippen LogP contribution in [0.1, 0.15) is 30.2 Å². The second kappa shape index (κ2) is 4.31. The molecule has 0 radical (unpaired) electrons. The van der Waals surface area contributed by atoms with E-state index in [4.69, 9.17) is 5.11 Å². The highest BCUT2D eigenvalue weighted by Gasteiger charge is 2.12. The molecule has 0 aliphatic rings. The van der Waals surface area contributed by atoms with Crippen LogP contribution in [0.3, 0.4) is 0 Å². The van der Waals surface area contributed by atoms with E-state index in [2.05, 4.69) is 4.98 Å². The van der Waals surface area contributed by atoms with Crippen molar-refractivity contribution in [1.29, 1.82) is 0 Å². The normalized spacial score (nSPS) is 12.8. The molecule has 1 atom stereocenters. The Morgan fingerprint density at radius 2 is 2.21 bits per heavy atom. The summed E-state index contributed by atoms with van der Waals surface area (Å²) in [5, 5.41) is 8.74. The Kier molecular flexibility index (Phi) is 3.33. The molecule has 1 heterocycles. The first-order chi connectivity index (χ1) is 6.52. The number of aromatic nitrogens is 1. The van der Waals surface area contributed by atoms with Gasteiger partial charge in [-0.2, -0.15) is 0 Å². The van der Waals surface area contributed by atoms with Crippen LogP contribution in [-0.2, 0) is 11.2 Å². The standard InChI is InChI=1S/C11H17NO2/c1-7(11(13)14)4-5-10-8(2)6-12-9(10)3/h6-7,12H,4-5H2,1-3H3,(H,13,14). The maximum absolute atomic E-state index is 10.6. The highest BCUT2D eigenvalue weighted by Crippen LogP contribution is 2.16. The average Bonchev–Trinajstić information content (AvgIpc) is 2.43. The minimum atomic E-state index is -0.712. The van der Waals surface area contributed by atoms with Crippen LogP contribution in [0, 0.1) is 19.8 Å². The van der Waals surface area contributed by atoms with Gasteiger partial charge in [-0.15, -0.1) is 0 Å². The van der Waals surface area contributed by atoms with Gasteiger partial charge in [0.2, 0.25) is 0 Å². The van der Waals surface area contributed by atoms with Gasteiger partial charge < -0.3 is 10.1 Å². The van der Waals surface area contributed by atoms with E-state index < -0.39 is 5.97 Å². The molecule has 1 rings (SSSR count). The molecular weight excluding hydrogens is 178 g/mol. The Labute approximate surface area is 84.2 Å². The third kappa shape index (κ3) is 2.37. The molecule has 14 heavy (non-hydrogen) atoms. The number of nitrogens with one attached hydrogen (secondary N) is 1. The van der Waals surface area contributed by atoms with E-state index in [1.54, 1.807) is 6.92 Å². The number of hydrogen-bond acceptors (Lipinski definition) is 1. The second-order valence-corrected chi connectivity index (χ2v) is 3.85. The fraction of sp³-hybridized carbons (Fsp3) is 0.545. The monoisotopic (exact) mass is 195 g/mol. The predicted octanol–water partition coefficient (Wildman–Crippen LogP) is 2.28. The van der Waals surface area contributed by atoms with Gasteiger partial charge in [0, 0.05) is 11.9 Å². The highest BCUT2D eigenvalue weighted by molar-refractivity contribution is 5.69. The number of aliphatic carboxylic acids is 1. The van der Waals surface area contributed by atoms with Crippen molar-refractivity contribution in [3.63, 3.8) is 0 Å². The summed E-state index contributed by atoms with van der Waals surface area (Å²) in [4.78, 5) is 13.8. The first-order valence-corrected chi connectivity index (χ1v) is 4.88. The summed E-state index contributed by atoms with van der Waals surface area (Å²) >= 11 is 0. The number of aromatic amines is 1. The molecule has 1 aromatic heterocycles. The van der Waals surface area contributed by atoms with Crippen LogP contribution in [0.2, 0.25) is 0 Å². The number of H-pyrrole nitrogens is 1. The molecule has 0 bridgehead atoms.